The maximum Gasteiger partial charge on any atom is 0.204 e. The molecule has 726 valence electrons. The fraction of sp³-hybridized carbons (Fsp3) is 0.593. The van der Waals surface area contributed by atoms with Gasteiger partial charge >= 0.3 is 0 Å². The predicted molar refractivity (Wildman–Crippen MR) is 550 cm³/mol. The number of ether oxygens (including phenoxy) is 8. The van der Waals surface area contributed by atoms with E-state index in [9.17, 15) is 0 Å². The van der Waals surface area contributed by atoms with Gasteiger partial charge in [-0.2, -0.15) is 0 Å². The van der Waals surface area contributed by atoms with Gasteiger partial charge in [-0.3, -0.25) is 0 Å². The number of rotatable bonds is 36. The summed E-state index contributed by atoms with van der Waals surface area (Å²) in [7, 11) is 1.68. The summed E-state index contributed by atoms with van der Waals surface area (Å²) in [5, 5.41) is 36.0. The van der Waals surface area contributed by atoms with Gasteiger partial charge in [-0.05, 0) is 297 Å². The quantitative estimate of drug-likeness (QED) is 0.0276. The van der Waals surface area contributed by atoms with Crippen LogP contribution in [0, 0.1) is 22.7 Å². The van der Waals surface area contributed by atoms with Gasteiger partial charge in [0.05, 0.1) is 19.3 Å². The third-order valence-corrected chi connectivity index (χ3v) is 26.5. The molecule has 0 heterocycles. The average molecular weight is 1790 g/mol. The molecule has 0 amide bonds. The number of phenolic OH excluding ortho intramolecular Hbond substituents is 4. The van der Waals surface area contributed by atoms with Crippen LogP contribution in [0.3, 0.4) is 0 Å². The Morgan fingerprint density at radius 1 is 0.285 bits per heavy atom. The molecular weight excluding hydrogens is 1610 g/mol. The maximum absolute atomic E-state index is 9.01. The Bertz CT molecular complexity index is 3770. The molecule has 4 N–H and O–H groups in total. The third-order valence-electron chi connectivity index (χ3n) is 26.5. The number of benzene rings is 8. The molecular formula is C118H182O12. The molecule has 3 fully saturated rings. The van der Waals surface area contributed by atoms with Gasteiger partial charge in [0.15, 0.2) is 12.6 Å². The smallest absolute Gasteiger partial charge is 0.204 e. The van der Waals surface area contributed by atoms with E-state index in [1.54, 1.807) is 55.6 Å². The normalized spacial score (nSPS) is 16.4. The van der Waals surface area contributed by atoms with Gasteiger partial charge in [0.25, 0.3) is 0 Å². The van der Waals surface area contributed by atoms with Crippen molar-refractivity contribution in [2.45, 2.75) is 412 Å². The summed E-state index contributed by atoms with van der Waals surface area (Å²) in [6.45, 7) is 54.0. The summed E-state index contributed by atoms with van der Waals surface area (Å²) < 4.78 is 47.2. The second-order valence-electron chi connectivity index (χ2n) is 39.6. The van der Waals surface area contributed by atoms with Crippen LogP contribution in [0.1, 0.15) is 425 Å². The lowest BCUT2D eigenvalue weighted by atomic mass is 9.87. The van der Waals surface area contributed by atoms with E-state index in [4.69, 9.17) is 58.3 Å². The summed E-state index contributed by atoms with van der Waals surface area (Å²) in [4.78, 5) is 0. The number of aromatic hydroxyl groups is 4. The zero-order valence-corrected chi connectivity index (χ0v) is 86.0. The first-order chi connectivity index (χ1) is 62.1. The molecule has 8 aromatic rings. The van der Waals surface area contributed by atoms with E-state index >= 15 is 0 Å². The minimum absolute atomic E-state index is 0.0376. The van der Waals surface area contributed by atoms with Crippen LogP contribution in [0.5, 0.6) is 46.0 Å². The molecule has 3 aliphatic carbocycles. The second kappa shape index (κ2) is 64.0. The molecule has 8 aromatic carbocycles. The number of methoxy groups -OCH3 is 1. The van der Waals surface area contributed by atoms with E-state index in [0.717, 1.165) is 93.0 Å². The van der Waals surface area contributed by atoms with Gasteiger partial charge in [-0.15, -0.1) is 0 Å². The molecule has 0 saturated heterocycles. The number of phenols is 4. The molecule has 12 heteroatoms. The molecule has 11 rings (SSSR count). The predicted octanol–water partition coefficient (Wildman–Crippen LogP) is 34.7. The fourth-order valence-corrected chi connectivity index (χ4v) is 15.7. The Morgan fingerprint density at radius 3 is 0.715 bits per heavy atom. The minimum Gasteiger partial charge on any atom is -0.508 e. The topological polar surface area (TPSA) is 155 Å². The van der Waals surface area contributed by atoms with E-state index in [2.05, 4.69) is 237 Å². The lowest BCUT2D eigenvalue weighted by molar-refractivity contribution is -0.142. The van der Waals surface area contributed by atoms with Crippen molar-refractivity contribution in [1.82, 2.24) is 0 Å². The average Bonchev–Trinajstić information content (AvgIpc) is 0.857. The summed E-state index contributed by atoms with van der Waals surface area (Å²) >= 11 is 0. The van der Waals surface area contributed by atoms with E-state index in [0.29, 0.717) is 76.4 Å². The van der Waals surface area contributed by atoms with Crippen LogP contribution in [0.25, 0.3) is 0 Å². The van der Waals surface area contributed by atoms with Crippen LogP contribution in [0.2, 0.25) is 0 Å². The van der Waals surface area contributed by atoms with Crippen LogP contribution >= 0.6 is 0 Å². The van der Waals surface area contributed by atoms with Gasteiger partial charge in [-0.1, -0.05) is 333 Å². The molecule has 3 aliphatic rings. The summed E-state index contributed by atoms with van der Waals surface area (Å²) in [5.41, 5.74) is 10.8. The van der Waals surface area contributed by atoms with E-state index in [1.807, 2.05) is 74.5 Å². The zero-order chi connectivity index (χ0) is 96.0. The number of hydrogen-bond donors (Lipinski definition) is 4. The van der Waals surface area contributed by atoms with Gasteiger partial charge in [-0.25, -0.2) is 0 Å². The highest BCUT2D eigenvalue weighted by molar-refractivity contribution is 5.35. The summed E-state index contributed by atoms with van der Waals surface area (Å²) in [5.74, 6) is 11.5. The van der Waals surface area contributed by atoms with Crippen molar-refractivity contribution in [2.24, 2.45) is 22.7 Å². The molecule has 3 saturated carbocycles. The molecule has 12 atom stereocenters. The molecule has 0 aliphatic heterocycles. The molecule has 130 heavy (non-hydrogen) atoms. The Balaban J connectivity index is 0.000000317. The standard InChI is InChI=1S/C22H36O2.2C20H32O2.C16H26O2.4C10H14O/c1-6-17(2)18-12-14-20(15-13-18)24-21(16-22(3,4)5)23-19-10-8-7-9-11-19;2*1-4-16(2)19-10-12-20(13-11-19)22-17(3)21-15-14-18-8-6-5-7-9-18;1-7-12(2)13-8-10-14(11-9-13)18-15(17-6)16(3,4)5;4*1-3-8(2)9-4-6-10(11)7-5-9/h12-15,17,19,21H,6-11,16H2,1-5H3;2*10-13,16-18H,4-9,14-15H2,1-3H3;8-12,15H,7H2,1-6H3;4*4-8,11H,3H2,1-2H3. The monoisotopic (exact) mass is 1790 g/mol. The maximum atomic E-state index is 9.01. The van der Waals surface area contributed by atoms with Crippen molar-refractivity contribution in [3.05, 3.63) is 239 Å². The van der Waals surface area contributed by atoms with Gasteiger partial charge < -0.3 is 58.3 Å². The van der Waals surface area contributed by atoms with Crippen LogP contribution in [-0.2, 0) is 18.9 Å². The van der Waals surface area contributed by atoms with Crippen molar-refractivity contribution < 1.29 is 58.3 Å². The second-order valence-corrected chi connectivity index (χ2v) is 39.6. The minimum atomic E-state index is -0.230. The Morgan fingerprint density at radius 2 is 0.500 bits per heavy atom. The Kier molecular flexibility index (Phi) is 56.3. The Hall–Kier alpha value is -8.00. The van der Waals surface area contributed by atoms with Crippen molar-refractivity contribution in [3.63, 3.8) is 0 Å². The first kappa shape index (κ1) is 114. The summed E-state index contributed by atoms with van der Waals surface area (Å²) in [6.07, 6.45) is 32.4. The van der Waals surface area contributed by atoms with Crippen LogP contribution in [0.4, 0.5) is 0 Å². The van der Waals surface area contributed by atoms with Crippen LogP contribution in [-0.4, -0.2) is 72.0 Å². The molecule has 0 bridgehead atoms. The molecule has 12 unspecified atom stereocenters. The van der Waals surface area contributed by atoms with Crippen molar-refractivity contribution >= 4 is 0 Å². The summed E-state index contributed by atoms with van der Waals surface area (Å²) in [6, 6.07) is 63.5. The van der Waals surface area contributed by atoms with Gasteiger partial charge in [0.1, 0.15) is 46.0 Å². The third kappa shape index (κ3) is 47.6. The van der Waals surface area contributed by atoms with Crippen molar-refractivity contribution in [2.75, 3.05) is 20.3 Å². The lowest BCUT2D eigenvalue weighted by Crippen LogP contribution is -2.33. The first-order valence-corrected chi connectivity index (χ1v) is 50.7. The highest BCUT2D eigenvalue weighted by Crippen LogP contribution is 2.35. The van der Waals surface area contributed by atoms with Crippen LogP contribution < -0.4 is 18.9 Å². The number of hydrogen-bond acceptors (Lipinski definition) is 12. The highest BCUT2D eigenvalue weighted by atomic mass is 16.7. The van der Waals surface area contributed by atoms with Gasteiger partial charge in [0.2, 0.25) is 12.6 Å². The van der Waals surface area contributed by atoms with E-state index in [1.165, 1.54) is 167 Å². The zero-order valence-electron chi connectivity index (χ0n) is 86.0. The molecule has 0 spiro atoms. The van der Waals surface area contributed by atoms with Crippen molar-refractivity contribution in [1.29, 1.82) is 0 Å². The fourth-order valence-electron chi connectivity index (χ4n) is 15.7. The largest absolute Gasteiger partial charge is 0.508 e. The first-order valence-electron chi connectivity index (χ1n) is 50.7. The van der Waals surface area contributed by atoms with Crippen molar-refractivity contribution in [3.8, 4) is 46.0 Å². The molecule has 12 nitrogen and oxygen atoms in total. The highest BCUT2D eigenvalue weighted by Gasteiger charge is 2.28. The van der Waals surface area contributed by atoms with Crippen LogP contribution in [0.15, 0.2) is 194 Å². The molecule has 0 radical (unpaired) electrons. The van der Waals surface area contributed by atoms with Gasteiger partial charge in [0, 0.05) is 18.9 Å². The van der Waals surface area contributed by atoms with E-state index in [-0.39, 0.29) is 36.0 Å². The Labute approximate surface area is 792 Å². The molecule has 0 aromatic heterocycles. The lowest BCUT2D eigenvalue weighted by Gasteiger charge is -2.31. The SMILES string of the molecule is CCC(C)c1ccc(O)cc1.CCC(C)c1ccc(O)cc1.CCC(C)c1ccc(O)cc1.CCC(C)c1ccc(O)cc1.CCC(C)c1ccc(OC(C)OCCC2CCCCC2)cc1.CCC(C)c1ccc(OC(C)OCCC2CCCCC2)cc1.CCC(C)c1ccc(OC(CC(C)(C)C)OC2CCCCC2)cc1.CCC(C)c1ccc(OC(OC)C(C)(C)C)cc1. The van der Waals surface area contributed by atoms with E-state index < -0.39 is 0 Å².